The standard InChI is InChI=1S/C27H36N2.C14H10BBr/c1-18(2)22-11-9-12-23(19(3)4)26(22)28-15-16-29(17-28)27-24(20(5)6)13-10-14-25(27)21(7)8;16-15-13-7-3-1-5-11(13)9-10-12-6-2-4-8-14(12)15/h9-16,18-21H,1-8H3;1-10H. The molecule has 2 aliphatic heterocycles. The van der Waals surface area contributed by atoms with Gasteiger partial charge in [0.2, 0.25) is 6.67 Å². The molecule has 2 nitrogen and oxygen atoms in total. The second kappa shape index (κ2) is 14.3. The van der Waals surface area contributed by atoms with Crippen molar-refractivity contribution < 1.29 is 0 Å². The molecule has 0 bridgehead atoms. The maximum Gasteiger partial charge on any atom is 0.288 e. The molecule has 4 heteroatoms. The fraction of sp³-hybridized carbons (Fsp3) is 0.293. The van der Waals surface area contributed by atoms with Gasteiger partial charge in [0.25, 0.3) is 5.54 Å². The molecule has 0 saturated carbocycles. The van der Waals surface area contributed by atoms with Gasteiger partial charge in [-0.2, -0.15) is 0 Å². The zero-order valence-electron chi connectivity index (χ0n) is 28.1. The number of rotatable bonds is 6. The van der Waals surface area contributed by atoms with Crippen molar-refractivity contribution in [2.75, 3.05) is 9.80 Å². The minimum absolute atomic E-state index is 0.287. The lowest BCUT2D eigenvalue weighted by Crippen LogP contribution is -2.38. The summed E-state index contributed by atoms with van der Waals surface area (Å²) in [7, 11) is 0. The number of fused-ring (bicyclic) bond motifs is 2. The Kier molecular flexibility index (Phi) is 10.4. The van der Waals surface area contributed by atoms with E-state index >= 15 is 0 Å². The van der Waals surface area contributed by atoms with Crippen LogP contribution in [0.4, 0.5) is 11.4 Å². The molecule has 0 N–H and O–H groups in total. The van der Waals surface area contributed by atoms with Gasteiger partial charge in [0.1, 0.15) is 0 Å². The van der Waals surface area contributed by atoms with Crippen molar-refractivity contribution in [1.82, 2.24) is 0 Å². The van der Waals surface area contributed by atoms with Crippen LogP contribution in [0.3, 0.4) is 0 Å². The summed E-state index contributed by atoms with van der Waals surface area (Å²) in [5.74, 6) is 1.84. The van der Waals surface area contributed by atoms with E-state index in [4.69, 9.17) is 0 Å². The Labute approximate surface area is 280 Å². The molecule has 0 aromatic heterocycles. The summed E-state index contributed by atoms with van der Waals surface area (Å²) < 4.78 is 0. The van der Waals surface area contributed by atoms with Crippen LogP contribution in [0.2, 0.25) is 0 Å². The first kappa shape index (κ1) is 32.9. The minimum atomic E-state index is 0.287. The molecule has 230 valence electrons. The smallest absolute Gasteiger partial charge is 0.288 e. The second-order valence-electron chi connectivity index (χ2n) is 13.3. The van der Waals surface area contributed by atoms with Crippen LogP contribution in [0.1, 0.15) is 112 Å². The summed E-state index contributed by atoms with van der Waals surface area (Å²) in [5, 5.41) is 0. The van der Waals surface area contributed by atoms with E-state index in [-0.39, 0.29) is 5.54 Å². The molecule has 0 atom stereocenters. The van der Waals surface area contributed by atoms with E-state index in [0.717, 1.165) is 0 Å². The van der Waals surface area contributed by atoms with Crippen molar-refractivity contribution in [3.8, 4) is 0 Å². The lowest BCUT2D eigenvalue weighted by Gasteiger charge is -2.29. The average Bonchev–Trinajstić information content (AvgIpc) is 3.47. The first-order valence-corrected chi connectivity index (χ1v) is 17.3. The van der Waals surface area contributed by atoms with Gasteiger partial charge in [-0.15, -0.1) is 15.8 Å². The van der Waals surface area contributed by atoms with E-state index in [2.05, 4.69) is 197 Å². The van der Waals surface area contributed by atoms with E-state index in [1.807, 2.05) is 0 Å². The minimum Gasteiger partial charge on any atom is -0.315 e. The molecular formula is C41H46BBrN2. The van der Waals surface area contributed by atoms with Crippen LogP contribution < -0.4 is 20.7 Å². The van der Waals surface area contributed by atoms with Crippen molar-refractivity contribution >= 4 is 55.7 Å². The fourth-order valence-electron chi connectivity index (χ4n) is 6.28. The highest BCUT2D eigenvalue weighted by Gasteiger charge is 2.28. The van der Waals surface area contributed by atoms with Gasteiger partial charge in [0.05, 0.1) is 11.4 Å². The quantitative estimate of drug-likeness (QED) is 0.191. The van der Waals surface area contributed by atoms with Gasteiger partial charge < -0.3 is 9.80 Å². The monoisotopic (exact) mass is 656 g/mol. The summed E-state index contributed by atoms with van der Waals surface area (Å²) in [5.41, 5.74) is 13.6. The molecule has 45 heavy (non-hydrogen) atoms. The maximum atomic E-state index is 3.80. The number of para-hydroxylation sites is 2. The zero-order chi connectivity index (χ0) is 32.2. The highest BCUT2D eigenvalue weighted by Crippen LogP contribution is 2.42. The van der Waals surface area contributed by atoms with Crippen molar-refractivity contribution in [3.05, 3.63) is 137 Å². The van der Waals surface area contributed by atoms with Crippen LogP contribution in [0.5, 0.6) is 0 Å². The molecule has 0 fully saturated rings. The second-order valence-corrected chi connectivity index (χ2v) is 14.2. The van der Waals surface area contributed by atoms with Crippen LogP contribution in [-0.2, 0) is 0 Å². The number of hydrogen-bond donors (Lipinski definition) is 0. The fourth-order valence-corrected chi connectivity index (χ4v) is 7.11. The van der Waals surface area contributed by atoms with Gasteiger partial charge in [0, 0.05) is 12.4 Å². The molecule has 4 aromatic carbocycles. The largest absolute Gasteiger partial charge is 0.315 e. The van der Waals surface area contributed by atoms with Crippen LogP contribution in [0.25, 0.3) is 12.2 Å². The Hall–Kier alpha value is -3.50. The lowest BCUT2D eigenvalue weighted by atomic mass is 9.61. The highest BCUT2D eigenvalue weighted by atomic mass is 79.9. The van der Waals surface area contributed by atoms with Crippen molar-refractivity contribution in [1.29, 1.82) is 0 Å². The Balaban J connectivity index is 0.000000209. The Bertz CT molecular complexity index is 1510. The molecule has 6 rings (SSSR count). The Morgan fingerprint density at radius 2 is 0.822 bits per heavy atom. The van der Waals surface area contributed by atoms with E-state index < -0.39 is 0 Å². The molecular weight excluding hydrogens is 611 g/mol. The average molecular weight is 658 g/mol. The molecule has 2 heterocycles. The number of benzene rings is 4. The molecule has 4 aromatic rings. The maximum absolute atomic E-state index is 3.80. The first-order valence-electron chi connectivity index (χ1n) is 16.4. The van der Waals surface area contributed by atoms with E-state index in [9.17, 15) is 0 Å². The first-order chi connectivity index (χ1) is 21.6. The Morgan fingerprint density at radius 1 is 0.489 bits per heavy atom. The highest BCUT2D eigenvalue weighted by molar-refractivity contribution is 9.25. The van der Waals surface area contributed by atoms with E-state index in [1.165, 1.54) is 55.7 Å². The number of anilines is 2. The molecule has 2 radical (unpaired) electrons. The summed E-state index contributed by atoms with van der Waals surface area (Å²) in [6, 6.07) is 30.4. The van der Waals surface area contributed by atoms with Gasteiger partial charge in [-0.25, -0.2) is 0 Å². The summed E-state index contributed by atoms with van der Waals surface area (Å²) in [6.07, 6.45) is 8.70. The number of hydrogen-bond acceptors (Lipinski definition) is 2. The molecule has 0 amide bonds. The van der Waals surface area contributed by atoms with Crippen molar-refractivity contribution in [2.45, 2.75) is 79.1 Å². The lowest BCUT2D eigenvalue weighted by molar-refractivity contribution is 0.819. The summed E-state index contributed by atoms with van der Waals surface area (Å²) >= 11 is 3.80. The normalized spacial score (nSPS) is 13.8. The third-order valence-electron chi connectivity index (χ3n) is 8.73. The van der Waals surface area contributed by atoms with Gasteiger partial charge in [0.15, 0.2) is 0 Å². The molecule has 2 aliphatic rings. The van der Waals surface area contributed by atoms with Crippen LogP contribution in [-0.4, -0.2) is 5.54 Å². The predicted octanol–water partition coefficient (Wildman–Crippen LogP) is 10.6. The van der Waals surface area contributed by atoms with Gasteiger partial charge in [-0.3, -0.25) is 0 Å². The number of nitrogens with zero attached hydrogens (tertiary/aromatic N) is 2. The van der Waals surface area contributed by atoms with Gasteiger partial charge in [-0.1, -0.05) is 163 Å². The molecule has 0 spiro atoms. The molecule has 0 saturated heterocycles. The van der Waals surface area contributed by atoms with Crippen molar-refractivity contribution in [2.24, 2.45) is 0 Å². The van der Waals surface area contributed by atoms with Crippen molar-refractivity contribution in [3.63, 3.8) is 0 Å². The van der Waals surface area contributed by atoms with E-state index in [1.54, 1.807) is 0 Å². The van der Waals surface area contributed by atoms with Crippen LogP contribution in [0, 0.1) is 6.67 Å². The number of halogens is 1. The molecule has 0 aliphatic carbocycles. The Morgan fingerprint density at radius 3 is 1.16 bits per heavy atom. The van der Waals surface area contributed by atoms with Gasteiger partial charge >= 0.3 is 0 Å². The van der Waals surface area contributed by atoms with Crippen LogP contribution in [0.15, 0.2) is 97.3 Å². The summed E-state index contributed by atoms with van der Waals surface area (Å²) in [6.45, 7) is 21.8. The summed E-state index contributed by atoms with van der Waals surface area (Å²) in [4.78, 5) is 4.40. The molecule has 0 unspecified atom stereocenters. The SMILES string of the molecule is BrB1c2ccccc2C=Cc2ccccc21.CC(C)c1cccc(C(C)C)c1N1[C]N(c2c(C(C)C)cccc2C(C)C)C=C1. The predicted molar refractivity (Wildman–Crippen MR) is 202 cm³/mol. The van der Waals surface area contributed by atoms with E-state index in [0.29, 0.717) is 23.7 Å². The third-order valence-corrected chi connectivity index (χ3v) is 9.71. The zero-order valence-corrected chi connectivity index (χ0v) is 29.6. The topological polar surface area (TPSA) is 6.48 Å². The van der Waals surface area contributed by atoms with Crippen LogP contribution >= 0.6 is 15.8 Å². The van der Waals surface area contributed by atoms with Gasteiger partial charge in [-0.05, 0) is 57.1 Å². The third kappa shape index (κ3) is 7.02.